The van der Waals surface area contributed by atoms with E-state index in [0.717, 1.165) is 6.61 Å². The van der Waals surface area contributed by atoms with Crippen LogP contribution in [0.25, 0.3) is 0 Å². The quantitative estimate of drug-likeness (QED) is 0.541. The normalized spacial score (nSPS) is 7.50. The maximum Gasteiger partial charge on any atom is 0.0433 e. The molecular formula is C7H18O. The van der Waals surface area contributed by atoms with Crippen molar-refractivity contribution in [1.82, 2.24) is 0 Å². The standard InChI is InChI=1S/C4H10.C3H8O/c2*1-3-4-2/h3-4H2,1-2H3;3H2,1-2H3. The Morgan fingerprint density at radius 1 is 1.00 bits per heavy atom. The van der Waals surface area contributed by atoms with Gasteiger partial charge in [0, 0.05) is 13.7 Å². The molecule has 0 aromatic rings. The molecule has 0 unspecified atom stereocenters. The lowest BCUT2D eigenvalue weighted by Crippen LogP contribution is -1.73. The fourth-order valence-electron chi connectivity index (χ4n) is 0. The second-order valence-corrected chi connectivity index (χ2v) is 1.58. The van der Waals surface area contributed by atoms with Crippen LogP contribution in [0.3, 0.4) is 0 Å². The van der Waals surface area contributed by atoms with Gasteiger partial charge in [-0.25, -0.2) is 0 Å². The Bertz CT molecular complexity index is 12.3. The van der Waals surface area contributed by atoms with E-state index in [1.54, 1.807) is 7.11 Å². The minimum atomic E-state index is 0.819. The van der Waals surface area contributed by atoms with Crippen molar-refractivity contribution in [2.24, 2.45) is 0 Å². The summed E-state index contributed by atoms with van der Waals surface area (Å²) in [5.74, 6) is 0. The third-order valence-corrected chi connectivity index (χ3v) is 0.789. The van der Waals surface area contributed by atoms with Gasteiger partial charge >= 0.3 is 0 Å². The summed E-state index contributed by atoms with van der Waals surface area (Å²) in [5, 5.41) is 0. The number of ether oxygens (including phenoxy) is 1. The summed E-state index contributed by atoms with van der Waals surface area (Å²) in [6, 6.07) is 0. The first-order valence-corrected chi connectivity index (χ1v) is 3.32. The van der Waals surface area contributed by atoms with Crippen LogP contribution >= 0.6 is 0 Å². The number of hydrogen-bond acceptors (Lipinski definition) is 1. The third kappa shape index (κ3) is 38.2. The van der Waals surface area contributed by atoms with E-state index in [1.165, 1.54) is 12.8 Å². The molecule has 0 N–H and O–H groups in total. The summed E-state index contributed by atoms with van der Waals surface area (Å²) in [6.45, 7) is 7.14. The lowest BCUT2D eigenvalue weighted by molar-refractivity contribution is 0.215. The fraction of sp³-hybridized carbons (Fsp3) is 1.00. The average Bonchev–Trinajstić information content (AvgIpc) is 1.88. The molecule has 0 atom stereocenters. The smallest absolute Gasteiger partial charge is 0.0433 e. The second kappa shape index (κ2) is 15.8. The molecule has 0 aliphatic rings. The van der Waals surface area contributed by atoms with Gasteiger partial charge in [0.05, 0.1) is 0 Å². The summed E-state index contributed by atoms with van der Waals surface area (Å²) >= 11 is 0. The summed E-state index contributed by atoms with van der Waals surface area (Å²) in [6.07, 6.45) is 2.64. The average molecular weight is 118 g/mol. The van der Waals surface area contributed by atoms with Gasteiger partial charge in [0.25, 0.3) is 0 Å². The lowest BCUT2D eigenvalue weighted by atomic mass is 10.4. The van der Waals surface area contributed by atoms with Crippen molar-refractivity contribution in [3.05, 3.63) is 0 Å². The van der Waals surface area contributed by atoms with Crippen molar-refractivity contribution in [2.75, 3.05) is 13.7 Å². The maximum absolute atomic E-state index is 4.54. The molecule has 0 heterocycles. The molecule has 0 spiro atoms. The molecular weight excluding hydrogens is 100 g/mol. The topological polar surface area (TPSA) is 9.23 Å². The molecule has 52 valence electrons. The molecule has 0 amide bonds. The van der Waals surface area contributed by atoms with E-state index in [1.807, 2.05) is 6.92 Å². The monoisotopic (exact) mass is 118 g/mol. The van der Waals surface area contributed by atoms with E-state index in [4.69, 9.17) is 0 Å². The lowest BCUT2D eigenvalue weighted by Gasteiger charge is -1.76. The molecule has 0 radical (unpaired) electrons. The first-order chi connectivity index (χ1) is 3.83. The summed E-state index contributed by atoms with van der Waals surface area (Å²) in [5.41, 5.74) is 0. The van der Waals surface area contributed by atoms with E-state index in [0.29, 0.717) is 0 Å². The Morgan fingerprint density at radius 2 is 1.25 bits per heavy atom. The van der Waals surface area contributed by atoms with Crippen LogP contribution in [0.5, 0.6) is 0 Å². The highest BCUT2D eigenvalue weighted by Crippen LogP contribution is 1.76. The van der Waals surface area contributed by atoms with Crippen LogP contribution in [0.1, 0.15) is 33.6 Å². The predicted octanol–water partition coefficient (Wildman–Crippen LogP) is 2.46. The van der Waals surface area contributed by atoms with Crippen molar-refractivity contribution in [1.29, 1.82) is 0 Å². The Labute approximate surface area is 53.0 Å². The molecule has 0 aliphatic heterocycles. The zero-order chi connectivity index (χ0) is 6.83. The molecule has 1 nitrogen and oxygen atoms in total. The first kappa shape index (κ1) is 10.9. The van der Waals surface area contributed by atoms with Crippen molar-refractivity contribution in [3.63, 3.8) is 0 Å². The van der Waals surface area contributed by atoms with Gasteiger partial charge in [-0.15, -0.1) is 0 Å². The minimum Gasteiger partial charge on any atom is -0.385 e. The van der Waals surface area contributed by atoms with E-state index >= 15 is 0 Å². The SMILES string of the molecule is CCCC.CCOC. The molecule has 0 rings (SSSR count). The predicted molar refractivity (Wildman–Crippen MR) is 38.1 cm³/mol. The van der Waals surface area contributed by atoms with Crippen LogP contribution in [0.15, 0.2) is 0 Å². The van der Waals surface area contributed by atoms with Gasteiger partial charge in [-0.05, 0) is 6.92 Å². The van der Waals surface area contributed by atoms with Crippen LogP contribution in [0.4, 0.5) is 0 Å². The molecule has 0 aliphatic carbocycles. The fourth-order valence-corrected chi connectivity index (χ4v) is 0. The molecule has 0 saturated carbocycles. The number of methoxy groups -OCH3 is 1. The molecule has 1 heteroatoms. The molecule has 0 fully saturated rings. The molecule has 0 saturated heterocycles. The van der Waals surface area contributed by atoms with Crippen molar-refractivity contribution >= 4 is 0 Å². The van der Waals surface area contributed by atoms with Crippen LogP contribution < -0.4 is 0 Å². The zero-order valence-corrected chi connectivity index (χ0v) is 6.53. The van der Waals surface area contributed by atoms with Gasteiger partial charge in [-0.3, -0.25) is 0 Å². The van der Waals surface area contributed by atoms with Gasteiger partial charge in [0.15, 0.2) is 0 Å². The van der Waals surface area contributed by atoms with Gasteiger partial charge in [-0.1, -0.05) is 26.7 Å². The number of unbranched alkanes of at least 4 members (excludes halogenated alkanes) is 1. The highest BCUT2D eigenvalue weighted by molar-refractivity contribution is 4.12. The van der Waals surface area contributed by atoms with Crippen molar-refractivity contribution < 1.29 is 4.74 Å². The minimum absolute atomic E-state index is 0.819. The number of rotatable bonds is 2. The van der Waals surface area contributed by atoms with Crippen LogP contribution in [0, 0.1) is 0 Å². The van der Waals surface area contributed by atoms with Gasteiger partial charge < -0.3 is 4.74 Å². The highest BCUT2D eigenvalue weighted by atomic mass is 16.5. The molecule has 0 aromatic carbocycles. The Balaban J connectivity index is 0. The van der Waals surface area contributed by atoms with Gasteiger partial charge in [0.1, 0.15) is 0 Å². The third-order valence-electron chi connectivity index (χ3n) is 0.789. The Morgan fingerprint density at radius 3 is 1.25 bits per heavy atom. The highest BCUT2D eigenvalue weighted by Gasteiger charge is 1.56. The van der Waals surface area contributed by atoms with Crippen LogP contribution in [-0.2, 0) is 4.74 Å². The first-order valence-electron chi connectivity index (χ1n) is 3.32. The molecule has 0 aromatic heterocycles. The Hall–Kier alpha value is -0.0400. The second-order valence-electron chi connectivity index (χ2n) is 1.58. The van der Waals surface area contributed by atoms with Crippen molar-refractivity contribution in [2.45, 2.75) is 33.6 Å². The van der Waals surface area contributed by atoms with E-state index in [9.17, 15) is 0 Å². The molecule has 8 heavy (non-hydrogen) atoms. The summed E-state index contributed by atoms with van der Waals surface area (Å²) in [4.78, 5) is 0. The number of hydrogen-bond donors (Lipinski definition) is 0. The van der Waals surface area contributed by atoms with E-state index in [2.05, 4.69) is 18.6 Å². The summed E-state index contributed by atoms with van der Waals surface area (Å²) < 4.78 is 4.54. The Kier molecular flexibility index (Phi) is 21.4. The van der Waals surface area contributed by atoms with Crippen molar-refractivity contribution in [3.8, 4) is 0 Å². The zero-order valence-electron chi connectivity index (χ0n) is 6.53. The maximum atomic E-state index is 4.54. The van der Waals surface area contributed by atoms with Crippen LogP contribution in [0.2, 0.25) is 0 Å². The van der Waals surface area contributed by atoms with E-state index in [-0.39, 0.29) is 0 Å². The van der Waals surface area contributed by atoms with Crippen LogP contribution in [-0.4, -0.2) is 13.7 Å². The molecule has 0 bridgehead atoms. The van der Waals surface area contributed by atoms with Gasteiger partial charge in [-0.2, -0.15) is 0 Å². The van der Waals surface area contributed by atoms with Gasteiger partial charge in [0.2, 0.25) is 0 Å². The summed E-state index contributed by atoms with van der Waals surface area (Å²) in [7, 11) is 1.68. The largest absolute Gasteiger partial charge is 0.385 e. The van der Waals surface area contributed by atoms with E-state index < -0.39 is 0 Å².